The van der Waals surface area contributed by atoms with Crippen LogP contribution in [0, 0.1) is 0 Å². The lowest BCUT2D eigenvalue weighted by Crippen LogP contribution is -2.68. The van der Waals surface area contributed by atoms with E-state index in [0.29, 0.717) is 5.75 Å². The fourth-order valence-corrected chi connectivity index (χ4v) is 8.07. The number of rotatable bonds is 22. The maximum absolute atomic E-state index is 11.3. The van der Waals surface area contributed by atoms with Crippen molar-refractivity contribution in [1.29, 1.82) is 0 Å². The van der Waals surface area contributed by atoms with Crippen molar-refractivity contribution >= 4 is 11.8 Å². The van der Waals surface area contributed by atoms with Crippen LogP contribution < -0.4 is 22.9 Å². The van der Waals surface area contributed by atoms with Crippen LogP contribution in [0.3, 0.4) is 0 Å². The van der Waals surface area contributed by atoms with Crippen LogP contribution in [0.25, 0.3) is 0 Å². The van der Waals surface area contributed by atoms with Crippen molar-refractivity contribution < 1.29 is 49.6 Å². The highest BCUT2D eigenvalue weighted by Crippen LogP contribution is 2.32. The van der Waals surface area contributed by atoms with E-state index in [0.717, 1.165) is 18.6 Å². The molecule has 15 atom stereocenters. The molecule has 2 aliphatic heterocycles. The van der Waals surface area contributed by atoms with Gasteiger partial charge >= 0.3 is 0 Å². The zero-order valence-electron chi connectivity index (χ0n) is 29.4. The summed E-state index contributed by atoms with van der Waals surface area (Å²) in [5, 5.41) is 63.7. The average Bonchev–Trinajstić information content (AvgIpc) is 3.08. The highest BCUT2D eigenvalue weighted by molar-refractivity contribution is 7.99. The van der Waals surface area contributed by atoms with Crippen LogP contribution in [-0.2, 0) is 18.9 Å². The summed E-state index contributed by atoms with van der Waals surface area (Å²) in [5.41, 5.74) is 24.4. The first kappa shape index (κ1) is 43.2. The largest absolute Gasteiger partial charge is 0.389 e. The van der Waals surface area contributed by atoms with Gasteiger partial charge in [0.1, 0.15) is 48.8 Å². The summed E-state index contributed by atoms with van der Waals surface area (Å²) in [6.07, 6.45) is 2.92. The molecule has 1 aliphatic carbocycles. The molecule has 1 saturated carbocycles. The second-order valence-corrected chi connectivity index (χ2v) is 15.4. The number of unbranched alkanes of at least 4 members (excludes halogenated alkanes) is 13. The molecule has 15 heteroatoms. The van der Waals surface area contributed by atoms with E-state index in [2.05, 4.69) is 6.92 Å². The van der Waals surface area contributed by atoms with Crippen molar-refractivity contribution in [3.63, 3.8) is 0 Å². The van der Waals surface area contributed by atoms with Crippen LogP contribution in [0.5, 0.6) is 0 Å². The molecule has 3 fully saturated rings. The SMILES string of the molecule is CCCCCCCCCCCCCCCCSC[C@H]1O[C@H](O[C@@H]2[C@@H](O)[C@H](O[C@H]3O[C@H](CN)[C@@H](O)[C@H](O)[C@H]3O)[C@@H](N)C[C@H]2N)[C@H](O)[C@@H](N)[C@@H]1O. The number of hydrogen-bond acceptors (Lipinski definition) is 15. The average molecular weight is 725 g/mol. The van der Waals surface area contributed by atoms with E-state index in [1.54, 1.807) is 11.8 Å². The Morgan fingerprint density at radius 1 is 0.571 bits per heavy atom. The van der Waals surface area contributed by atoms with Gasteiger partial charge in [-0.3, -0.25) is 0 Å². The number of aliphatic hydroxyl groups is 6. The van der Waals surface area contributed by atoms with E-state index >= 15 is 0 Å². The van der Waals surface area contributed by atoms with Crippen molar-refractivity contribution in [2.24, 2.45) is 22.9 Å². The van der Waals surface area contributed by atoms with Gasteiger partial charge in [0.2, 0.25) is 0 Å². The first-order chi connectivity index (χ1) is 23.5. The predicted molar refractivity (Wildman–Crippen MR) is 188 cm³/mol. The molecule has 49 heavy (non-hydrogen) atoms. The van der Waals surface area contributed by atoms with Gasteiger partial charge in [-0.1, -0.05) is 90.4 Å². The molecule has 0 aromatic rings. The van der Waals surface area contributed by atoms with E-state index in [4.69, 9.17) is 41.9 Å². The zero-order valence-corrected chi connectivity index (χ0v) is 30.2. The Hall–Kier alpha value is -0.210. The Labute approximate surface area is 296 Å². The van der Waals surface area contributed by atoms with Gasteiger partial charge in [0.05, 0.1) is 18.2 Å². The van der Waals surface area contributed by atoms with Crippen molar-refractivity contribution in [2.45, 2.75) is 195 Å². The van der Waals surface area contributed by atoms with Crippen LogP contribution in [0.4, 0.5) is 0 Å². The van der Waals surface area contributed by atoms with Crippen LogP contribution in [0.2, 0.25) is 0 Å². The minimum absolute atomic E-state index is 0.136. The summed E-state index contributed by atoms with van der Waals surface area (Å²) in [7, 11) is 0. The molecule has 3 aliphatic rings. The molecule has 2 saturated heterocycles. The zero-order chi connectivity index (χ0) is 35.9. The Kier molecular flexibility index (Phi) is 20.1. The maximum atomic E-state index is 11.3. The van der Waals surface area contributed by atoms with Gasteiger partial charge in [-0.05, 0) is 18.6 Å². The van der Waals surface area contributed by atoms with E-state index < -0.39 is 91.7 Å². The monoisotopic (exact) mass is 724 g/mol. The summed E-state index contributed by atoms with van der Waals surface area (Å²) < 4.78 is 23.4. The topological polar surface area (TPSA) is 262 Å². The maximum Gasteiger partial charge on any atom is 0.187 e. The molecule has 3 rings (SSSR count). The molecule has 290 valence electrons. The molecule has 0 amide bonds. The summed E-state index contributed by atoms with van der Waals surface area (Å²) in [6, 6.07) is -2.64. The van der Waals surface area contributed by atoms with Gasteiger partial charge in [0.15, 0.2) is 12.6 Å². The smallest absolute Gasteiger partial charge is 0.187 e. The lowest BCUT2D eigenvalue weighted by Gasteiger charge is -2.48. The normalized spacial score (nSPS) is 40.1. The molecular weight excluding hydrogens is 656 g/mol. The third-order valence-corrected chi connectivity index (χ3v) is 11.4. The molecule has 14 N–H and O–H groups in total. The van der Waals surface area contributed by atoms with E-state index in [9.17, 15) is 30.6 Å². The summed E-state index contributed by atoms with van der Waals surface area (Å²) in [4.78, 5) is 0. The predicted octanol–water partition coefficient (Wildman–Crippen LogP) is -0.0692. The summed E-state index contributed by atoms with van der Waals surface area (Å²) in [6.45, 7) is 2.10. The van der Waals surface area contributed by atoms with Crippen LogP contribution in [0.15, 0.2) is 0 Å². The second kappa shape index (κ2) is 22.8. The fraction of sp³-hybridized carbons (Fsp3) is 1.00. The van der Waals surface area contributed by atoms with Gasteiger partial charge in [0.25, 0.3) is 0 Å². The second-order valence-electron chi connectivity index (χ2n) is 14.3. The standard InChI is InChI=1S/C34H68N4O10S/c1-2-3-4-5-6-7-8-9-10-11-12-13-14-15-16-49-19-23-25(39)24(38)27(41)33(46-23)47-31-20(36)17-21(37)32(30(31)44)48-34-29(43)28(42)26(40)22(18-35)45-34/h20-34,39-44H,2-19,35-38H2,1H3/t20-,21+,22-,23-,24+,25-,26-,27-,28+,29-,30-,31+,32-,33-,34-/m1/s1. The molecule has 0 aromatic heterocycles. The van der Waals surface area contributed by atoms with Gasteiger partial charge in [-0.15, -0.1) is 0 Å². The Morgan fingerprint density at radius 2 is 1.04 bits per heavy atom. The number of thioether (sulfide) groups is 1. The third kappa shape index (κ3) is 13.0. The van der Waals surface area contributed by atoms with Crippen molar-refractivity contribution in [1.82, 2.24) is 0 Å². The molecule has 2 heterocycles. The van der Waals surface area contributed by atoms with Gasteiger partial charge in [-0.25, -0.2) is 0 Å². The summed E-state index contributed by atoms with van der Waals surface area (Å²) >= 11 is 1.65. The van der Waals surface area contributed by atoms with E-state index in [1.165, 1.54) is 77.0 Å². The minimum atomic E-state index is -1.64. The van der Waals surface area contributed by atoms with Gasteiger partial charge < -0.3 is 72.5 Å². The molecule has 0 aromatic carbocycles. The Bertz CT molecular complexity index is 887. The third-order valence-electron chi connectivity index (χ3n) is 10.2. The quantitative estimate of drug-likeness (QED) is 0.0656. The lowest BCUT2D eigenvalue weighted by atomic mass is 9.84. The van der Waals surface area contributed by atoms with Gasteiger partial charge in [0, 0.05) is 24.4 Å². The highest BCUT2D eigenvalue weighted by atomic mass is 32.2. The minimum Gasteiger partial charge on any atom is -0.389 e. The molecule has 0 spiro atoms. The number of hydrogen-bond donors (Lipinski definition) is 10. The fourth-order valence-electron chi connectivity index (χ4n) is 6.99. The number of nitrogens with two attached hydrogens (primary N) is 4. The highest BCUT2D eigenvalue weighted by Gasteiger charge is 2.51. The molecule has 0 unspecified atom stereocenters. The van der Waals surface area contributed by atoms with Crippen LogP contribution in [0.1, 0.15) is 103 Å². The van der Waals surface area contributed by atoms with Gasteiger partial charge in [-0.2, -0.15) is 11.8 Å². The molecule has 0 bridgehead atoms. The van der Waals surface area contributed by atoms with Crippen molar-refractivity contribution in [3.8, 4) is 0 Å². The number of ether oxygens (including phenoxy) is 4. The Balaban J connectivity index is 1.39. The molecule has 0 radical (unpaired) electrons. The number of aliphatic hydroxyl groups excluding tert-OH is 6. The summed E-state index contributed by atoms with van der Waals surface area (Å²) in [5.74, 6) is 1.35. The van der Waals surface area contributed by atoms with E-state index in [-0.39, 0.29) is 13.0 Å². The van der Waals surface area contributed by atoms with Crippen molar-refractivity contribution in [3.05, 3.63) is 0 Å². The van der Waals surface area contributed by atoms with Crippen molar-refractivity contribution in [2.75, 3.05) is 18.1 Å². The lowest BCUT2D eigenvalue weighted by molar-refractivity contribution is -0.330. The molecule has 14 nitrogen and oxygen atoms in total. The van der Waals surface area contributed by atoms with E-state index in [1.807, 2.05) is 0 Å². The van der Waals surface area contributed by atoms with Crippen LogP contribution >= 0.6 is 11.8 Å². The first-order valence-corrected chi connectivity index (χ1v) is 19.9. The molecular formula is C34H68N4O10S. The Morgan fingerprint density at radius 3 is 1.55 bits per heavy atom. The van der Waals surface area contributed by atoms with Crippen LogP contribution in [-0.4, -0.2) is 140 Å². The first-order valence-electron chi connectivity index (χ1n) is 18.8.